The molecule has 0 aliphatic heterocycles. The molecule has 1 aromatic rings. The van der Waals surface area contributed by atoms with Crippen LogP contribution in [0.3, 0.4) is 0 Å². The van der Waals surface area contributed by atoms with Crippen LogP contribution in [-0.2, 0) is 10.5 Å². The van der Waals surface area contributed by atoms with Gasteiger partial charge in [0.05, 0.1) is 5.54 Å². The molecule has 1 rings (SSSR count). The maximum absolute atomic E-state index is 11.7. The van der Waals surface area contributed by atoms with E-state index in [1.807, 2.05) is 24.8 Å². The lowest BCUT2D eigenvalue weighted by Crippen LogP contribution is -2.54. The van der Waals surface area contributed by atoms with Crippen molar-refractivity contribution in [3.8, 4) is 0 Å². The molecule has 20 heavy (non-hydrogen) atoms. The summed E-state index contributed by atoms with van der Waals surface area (Å²) in [5.74, 6) is 0.697. The van der Waals surface area contributed by atoms with E-state index in [9.17, 15) is 4.79 Å². The second-order valence-corrected chi connectivity index (χ2v) is 6.86. The van der Waals surface area contributed by atoms with Crippen molar-refractivity contribution in [3.63, 3.8) is 0 Å². The van der Waals surface area contributed by atoms with Gasteiger partial charge in [-0.15, -0.1) is 0 Å². The molecular weight excluding hydrogens is 268 g/mol. The average molecular weight is 294 g/mol. The zero-order chi connectivity index (χ0) is 15.0. The Morgan fingerprint density at radius 1 is 1.40 bits per heavy atom. The topological polar surface area (TPSA) is 55.1 Å². The Morgan fingerprint density at radius 3 is 2.60 bits per heavy atom. The second-order valence-electron chi connectivity index (χ2n) is 5.43. The molecule has 3 N–H and O–H groups in total. The van der Waals surface area contributed by atoms with Crippen LogP contribution < -0.4 is 11.1 Å². The monoisotopic (exact) mass is 294 g/mol. The fourth-order valence-corrected chi connectivity index (χ4v) is 3.23. The van der Waals surface area contributed by atoms with Crippen molar-refractivity contribution < 1.29 is 4.79 Å². The number of hydrogen-bond donors (Lipinski definition) is 2. The van der Waals surface area contributed by atoms with Crippen molar-refractivity contribution in [1.29, 1.82) is 0 Å². The van der Waals surface area contributed by atoms with Crippen molar-refractivity contribution in [3.05, 3.63) is 35.9 Å². The fourth-order valence-electron chi connectivity index (χ4n) is 2.11. The quantitative estimate of drug-likeness (QED) is 0.736. The zero-order valence-corrected chi connectivity index (χ0v) is 13.5. The summed E-state index contributed by atoms with van der Waals surface area (Å²) in [4.78, 5) is 11.7. The molecule has 0 aliphatic carbocycles. The Balaban J connectivity index is 2.49. The summed E-state index contributed by atoms with van der Waals surface area (Å²) in [5.41, 5.74) is 6.26. The van der Waals surface area contributed by atoms with E-state index in [0.29, 0.717) is 5.25 Å². The van der Waals surface area contributed by atoms with Gasteiger partial charge in [-0.1, -0.05) is 44.2 Å². The Hall–Kier alpha value is -1.00. The van der Waals surface area contributed by atoms with Crippen LogP contribution in [0, 0.1) is 0 Å². The molecule has 0 radical (unpaired) electrons. The van der Waals surface area contributed by atoms with Crippen LogP contribution in [0.15, 0.2) is 30.3 Å². The molecule has 0 bridgehead atoms. The van der Waals surface area contributed by atoms with Gasteiger partial charge in [-0.3, -0.25) is 4.79 Å². The highest BCUT2D eigenvalue weighted by atomic mass is 32.2. The second kappa shape index (κ2) is 8.32. The number of carbonyl (C=O) groups is 1. The summed E-state index contributed by atoms with van der Waals surface area (Å²) in [6.07, 6.45) is 1.74. The van der Waals surface area contributed by atoms with E-state index in [2.05, 4.69) is 43.4 Å². The van der Waals surface area contributed by atoms with Crippen molar-refractivity contribution in [1.82, 2.24) is 5.32 Å². The molecule has 112 valence electrons. The molecule has 3 nitrogen and oxygen atoms in total. The van der Waals surface area contributed by atoms with Crippen molar-refractivity contribution in [2.24, 2.45) is 5.73 Å². The average Bonchev–Trinajstić information content (AvgIpc) is 2.44. The molecule has 0 spiro atoms. The van der Waals surface area contributed by atoms with Crippen LogP contribution in [0.4, 0.5) is 0 Å². The molecule has 0 fully saturated rings. The van der Waals surface area contributed by atoms with E-state index in [1.165, 1.54) is 5.56 Å². The number of rotatable bonds is 9. The van der Waals surface area contributed by atoms with E-state index < -0.39 is 5.54 Å². The first kappa shape index (κ1) is 17.1. The number of amides is 1. The SMILES string of the molecule is CCCNC(C)(CC(C)SCc1ccccc1)C(N)=O. The van der Waals surface area contributed by atoms with E-state index in [1.54, 1.807) is 0 Å². The molecule has 0 aromatic heterocycles. The molecule has 1 amide bonds. The van der Waals surface area contributed by atoms with Gasteiger partial charge in [-0.2, -0.15) is 11.8 Å². The minimum absolute atomic E-state index is 0.266. The highest BCUT2D eigenvalue weighted by Crippen LogP contribution is 2.25. The Labute approximate surface area is 126 Å². The van der Waals surface area contributed by atoms with Crippen molar-refractivity contribution >= 4 is 17.7 Å². The Morgan fingerprint density at radius 2 is 2.05 bits per heavy atom. The van der Waals surface area contributed by atoms with Crippen LogP contribution in [0.2, 0.25) is 0 Å². The maximum atomic E-state index is 11.7. The first-order valence-corrected chi connectivity index (χ1v) is 8.23. The van der Waals surface area contributed by atoms with Gasteiger partial charge in [0.15, 0.2) is 0 Å². The zero-order valence-electron chi connectivity index (χ0n) is 12.7. The smallest absolute Gasteiger partial charge is 0.237 e. The predicted octanol–water partition coefficient (Wildman–Crippen LogP) is 2.94. The first-order chi connectivity index (χ1) is 9.48. The van der Waals surface area contributed by atoms with Gasteiger partial charge in [-0.25, -0.2) is 0 Å². The molecule has 0 saturated carbocycles. The van der Waals surface area contributed by atoms with Gasteiger partial charge in [0, 0.05) is 11.0 Å². The molecule has 0 saturated heterocycles. The number of nitrogens with one attached hydrogen (secondary N) is 1. The van der Waals surface area contributed by atoms with E-state index in [4.69, 9.17) is 5.73 Å². The van der Waals surface area contributed by atoms with Gasteiger partial charge < -0.3 is 11.1 Å². The van der Waals surface area contributed by atoms with Crippen molar-refractivity contribution in [2.75, 3.05) is 6.54 Å². The Kier molecular flexibility index (Phi) is 7.10. The highest BCUT2D eigenvalue weighted by Gasteiger charge is 2.31. The standard InChI is InChI=1S/C16H26N2OS/c1-4-10-18-16(3,15(17)19)11-13(2)20-12-14-8-6-5-7-9-14/h5-9,13,18H,4,10-12H2,1-3H3,(H2,17,19). The number of carbonyl (C=O) groups excluding carboxylic acids is 1. The molecule has 2 atom stereocenters. The van der Waals surface area contributed by atoms with Crippen LogP contribution in [-0.4, -0.2) is 23.2 Å². The molecule has 0 heterocycles. The minimum atomic E-state index is -0.612. The highest BCUT2D eigenvalue weighted by molar-refractivity contribution is 7.99. The van der Waals surface area contributed by atoms with E-state index >= 15 is 0 Å². The molecule has 0 aliphatic rings. The van der Waals surface area contributed by atoms with Gasteiger partial charge in [-0.05, 0) is 31.9 Å². The maximum Gasteiger partial charge on any atom is 0.237 e. The van der Waals surface area contributed by atoms with Crippen LogP contribution in [0.25, 0.3) is 0 Å². The third-order valence-electron chi connectivity index (χ3n) is 3.38. The number of thioether (sulfide) groups is 1. The normalized spacial score (nSPS) is 15.6. The lowest BCUT2D eigenvalue weighted by atomic mass is 9.95. The predicted molar refractivity (Wildman–Crippen MR) is 87.7 cm³/mol. The van der Waals surface area contributed by atoms with Gasteiger partial charge in [0.25, 0.3) is 0 Å². The summed E-state index contributed by atoms with van der Waals surface area (Å²) in [5, 5.41) is 3.66. The number of benzene rings is 1. The van der Waals surface area contributed by atoms with Gasteiger partial charge >= 0.3 is 0 Å². The van der Waals surface area contributed by atoms with E-state index in [-0.39, 0.29) is 5.91 Å². The van der Waals surface area contributed by atoms with Gasteiger partial charge in [0.2, 0.25) is 5.91 Å². The Bertz CT molecular complexity index is 410. The molecule has 4 heteroatoms. The summed E-state index contributed by atoms with van der Waals surface area (Å²) in [6, 6.07) is 10.4. The summed E-state index contributed by atoms with van der Waals surface area (Å²) >= 11 is 1.86. The molecule has 2 unspecified atom stereocenters. The lowest BCUT2D eigenvalue weighted by Gasteiger charge is -2.30. The summed E-state index contributed by atoms with van der Waals surface area (Å²) < 4.78 is 0. The third-order valence-corrected chi connectivity index (χ3v) is 4.62. The number of nitrogens with two attached hydrogens (primary N) is 1. The minimum Gasteiger partial charge on any atom is -0.368 e. The molecular formula is C16H26N2OS. The van der Waals surface area contributed by atoms with Crippen LogP contribution >= 0.6 is 11.8 Å². The van der Waals surface area contributed by atoms with Gasteiger partial charge in [0.1, 0.15) is 0 Å². The fraction of sp³-hybridized carbons (Fsp3) is 0.562. The third kappa shape index (κ3) is 5.55. The van der Waals surface area contributed by atoms with Crippen LogP contribution in [0.5, 0.6) is 0 Å². The summed E-state index contributed by atoms with van der Waals surface area (Å²) in [7, 11) is 0. The summed E-state index contributed by atoms with van der Waals surface area (Å²) in [6.45, 7) is 6.96. The molecule has 1 aromatic carbocycles. The number of primary amides is 1. The largest absolute Gasteiger partial charge is 0.368 e. The van der Waals surface area contributed by atoms with Crippen LogP contribution in [0.1, 0.15) is 39.2 Å². The van der Waals surface area contributed by atoms with Crippen molar-refractivity contribution in [2.45, 2.75) is 50.2 Å². The van der Waals surface area contributed by atoms with E-state index in [0.717, 1.165) is 25.1 Å². The first-order valence-electron chi connectivity index (χ1n) is 7.18. The number of hydrogen-bond acceptors (Lipinski definition) is 3. The lowest BCUT2D eigenvalue weighted by molar-refractivity contribution is -0.124.